The minimum Gasteiger partial charge on any atom is -0.491 e. The Bertz CT molecular complexity index is 358. The van der Waals surface area contributed by atoms with Gasteiger partial charge in [-0.25, -0.2) is 0 Å². The van der Waals surface area contributed by atoms with Crippen LogP contribution in [0, 0.1) is 0 Å². The molecule has 0 spiro atoms. The van der Waals surface area contributed by atoms with Gasteiger partial charge in [-0.15, -0.1) is 0 Å². The summed E-state index contributed by atoms with van der Waals surface area (Å²) in [6.07, 6.45) is -0.160. The van der Waals surface area contributed by atoms with Crippen molar-refractivity contribution in [1.29, 1.82) is 0 Å². The largest absolute Gasteiger partial charge is 0.491 e. The first-order valence-electron chi connectivity index (χ1n) is 5.90. The number of aliphatic hydroxyl groups is 1. The van der Waals surface area contributed by atoms with Crippen LogP contribution in [0.5, 0.6) is 5.75 Å². The van der Waals surface area contributed by atoms with Crippen molar-refractivity contribution in [2.75, 3.05) is 7.11 Å². The summed E-state index contributed by atoms with van der Waals surface area (Å²) in [6, 6.07) is 7.50. The van der Waals surface area contributed by atoms with E-state index in [4.69, 9.17) is 9.47 Å². The predicted octanol–water partition coefficient (Wildman–Crippen LogP) is 2.72. The normalized spacial score (nSPS) is 16.6. The lowest BCUT2D eigenvalue weighted by Gasteiger charge is -2.30. The number of hydrogen-bond donors (Lipinski definition) is 1. The molecule has 0 aliphatic heterocycles. The third-order valence-corrected chi connectivity index (χ3v) is 2.94. The molecule has 2 unspecified atom stereocenters. The number of rotatable bonds is 5. The maximum Gasteiger partial charge on any atom is 0.120 e. The van der Waals surface area contributed by atoms with Gasteiger partial charge in [0.05, 0.1) is 12.2 Å². The Hall–Kier alpha value is -1.06. The van der Waals surface area contributed by atoms with Gasteiger partial charge in [-0.2, -0.15) is 0 Å². The topological polar surface area (TPSA) is 38.7 Å². The van der Waals surface area contributed by atoms with Crippen LogP contribution in [0.3, 0.4) is 0 Å². The molecule has 0 radical (unpaired) electrons. The average molecular weight is 238 g/mol. The van der Waals surface area contributed by atoms with E-state index in [1.807, 2.05) is 45.0 Å². The molecule has 0 amide bonds. The van der Waals surface area contributed by atoms with Crippen molar-refractivity contribution >= 4 is 0 Å². The maximum absolute atomic E-state index is 10.4. The van der Waals surface area contributed by atoms with E-state index in [1.165, 1.54) is 0 Å². The second kappa shape index (κ2) is 5.52. The van der Waals surface area contributed by atoms with Crippen LogP contribution in [0.25, 0.3) is 0 Å². The zero-order valence-corrected chi connectivity index (χ0v) is 11.2. The monoisotopic (exact) mass is 238 g/mol. The molecule has 1 rings (SSSR count). The summed E-state index contributed by atoms with van der Waals surface area (Å²) in [5, 5.41) is 10.4. The predicted molar refractivity (Wildman–Crippen MR) is 68.2 cm³/mol. The lowest BCUT2D eigenvalue weighted by molar-refractivity contribution is -0.0773. The first kappa shape index (κ1) is 14.0. The highest BCUT2D eigenvalue weighted by Crippen LogP contribution is 2.29. The van der Waals surface area contributed by atoms with E-state index in [1.54, 1.807) is 14.0 Å². The van der Waals surface area contributed by atoms with Gasteiger partial charge in [-0.3, -0.25) is 0 Å². The summed E-state index contributed by atoms with van der Waals surface area (Å²) in [4.78, 5) is 0. The van der Waals surface area contributed by atoms with Gasteiger partial charge in [0.2, 0.25) is 0 Å². The molecule has 3 heteroatoms. The average Bonchev–Trinajstić information content (AvgIpc) is 2.27. The fraction of sp³-hybridized carbons (Fsp3) is 0.571. The van der Waals surface area contributed by atoms with Crippen molar-refractivity contribution in [1.82, 2.24) is 0 Å². The third-order valence-electron chi connectivity index (χ3n) is 2.94. The molecule has 96 valence electrons. The van der Waals surface area contributed by atoms with Gasteiger partial charge in [-0.1, -0.05) is 12.1 Å². The van der Waals surface area contributed by atoms with Crippen molar-refractivity contribution < 1.29 is 14.6 Å². The molecule has 1 N–H and O–H groups in total. The van der Waals surface area contributed by atoms with Crippen LogP contribution in [0.2, 0.25) is 0 Å². The van der Waals surface area contributed by atoms with Crippen molar-refractivity contribution in [3.8, 4) is 5.75 Å². The van der Waals surface area contributed by atoms with E-state index in [2.05, 4.69) is 0 Å². The summed E-state index contributed by atoms with van der Waals surface area (Å²) < 4.78 is 10.8. The number of benzene rings is 1. The SMILES string of the molecule is COC(C)C(C)(O)c1cccc(OC(C)C)c1. The van der Waals surface area contributed by atoms with Gasteiger partial charge in [0.1, 0.15) is 11.4 Å². The smallest absolute Gasteiger partial charge is 0.120 e. The van der Waals surface area contributed by atoms with Crippen molar-refractivity contribution in [3.05, 3.63) is 29.8 Å². The van der Waals surface area contributed by atoms with E-state index >= 15 is 0 Å². The van der Waals surface area contributed by atoms with Crippen molar-refractivity contribution in [2.45, 2.75) is 45.5 Å². The fourth-order valence-electron chi connectivity index (χ4n) is 1.62. The Labute approximate surface area is 103 Å². The Balaban J connectivity index is 2.98. The standard InChI is InChI=1S/C14H22O3/c1-10(2)17-13-8-6-7-12(9-13)14(4,15)11(3)16-5/h6-11,15H,1-5H3. The van der Waals surface area contributed by atoms with Gasteiger partial charge in [0.25, 0.3) is 0 Å². The van der Waals surface area contributed by atoms with Crippen LogP contribution in [-0.4, -0.2) is 24.4 Å². The summed E-state index contributed by atoms with van der Waals surface area (Å²) in [5.41, 5.74) is -0.226. The summed E-state index contributed by atoms with van der Waals surface area (Å²) in [5.74, 6) is 0.765. The molecule has 1 aromatic carbocycles. The summed E-state index contributed by atoms with van der Waals surface area (Å²) >= 11 is 0. The van der Waals surface area contributed by atoms with E-state index in [0.29, 0.717) is 0 Å². The summed E-state index contributed by atoms with van der Waals surface area (Å²) in [6.45, 7) is 7.54. The molecule has 0 bridgehead atoms. The molecule has 0 saturated carbocycles. The number of ether oxygens (including phenoxy) is 2. The van der Waals surface area contributed by atoms with Crippen LogP contribution < -0.4 is 4.74 Å². The second-order valence-electron chi connectivity index (χ2n) is 4.72. The molecule has 2 atom stereocenters. The van der Waals surface area contributed by atoms with Crippen LogP contribution in [0.15, 0.2) is 24.3 Å². The molecule has 0 fully saturated rings. The van der Waals surface area contributed by atoms with Crippen LogP contribution in [-0.2, 0) is 10.3 Å². The fourth-order valence-corrected chi connectivity index (χ4v) is 1.62. The number of methoxy groups -OCH3 is 1. The van der Waals surface area contributed by atoms with Gasteiger partial charge in [0.15, 0.2) is 0 Å². The molecule has 17 heavy (non-hydrogen) atoms. The Morgan fingerprint density at radius 2 is 1.88 bits per heavy atom. The van der Waals surface area contributed by atoms with Gasteiger partial charge in [0, 0.05) is 7.11 Å². The highest BCUT2D eigenvalue weighted by Gasteiger charge is 2.30. The van der Waals surface area contributed by atoms with E-state index in [9.17, 15) is 5.11 Å². The third kappa shape index (κ3) is 3.45. The number of hydrogen-bond acceptors (Lipinski definition) is 3. The molecule has 0 aliphatic carbocycles. The molecule has 0 heterocycles. The maximum atomic E-state index is 10.4. The van der Waals surface area contributed by atoms with Crippen molar-refractivity contribution in [3.63, 3.8) is 0 Å². The molecular weight excluding hydrogens is 216 g/mol. The van der Waals surface area contributed by atoms with Crippen LogP contribution in [0.4, 0.5) is 0 Å². The molecule has 0 saturated heterocycles. The highest BCUT2D eigenvalue weighted by atomic mass is 16.5. The second-order valence-corrected chi connectivity index (χ2v) is 4.72. The molecule has 0 aliphatic rings. The first-order valence-corrected chi connectivity index (χ1v) is 5.90. The molecule has 3 nitrogen and oxygen atoms in total. The van der Waals surface area contributed by atoms with E-state index in [-0.39, 0.29) is 12.2 Å². The first-order chi connectivity index (χ1) is 7.87. The molecule has 0 aromatic heterocycles. The van der Waals surface area contributed by atoms with Gasteiger partial charge < -0.3 is 14.6 Å². The van der Waals surface area contributed by atoms with Crippen LogP contribution in [0.1, 0.15) is 33.3 Å². The quantitative estimate of drug-likeness (QED) is 0.857. The Morgan fingerprint density at radius 1 is 1.24 bits per heavy atom. The highest BCUT2D eigenvalue weighted by molar-refractivity contribution is 5.32. The van der Waals surface area contributed by atoms with Crippen molar-refractivity contribution in [2.24, 2.45) is 0 Å². The van der Waals surface area contributed by atoms with E-state index < -0.39 is 5.60 Å². The Morgan fingerprint density at radius 3 is 2.41 bits per heavy atom. The lowest BCUT2D eigenvalue weighted by Crippen LogP contribution is -2.35. The Kier molecular flexibility index (Phi) is 4.54. The molecule has 1 aromatic rings. The zero-order valence-electron chi connectivity index (χ0n) is 11.2. The lowest BCUT2D eigenvalue weighted by atomic mass is 9.91. The molecular formula is C14H22O3. The summed E-state index contributed by atoms with van der Waals surface area (Å²) in [7, 11) is 1.59. The minimum atomic E-state index is -1.02. The zero-order chi connectivity index (χ0) is 13.1. The van der Waals surface area contributed by atoms with Crippen LogP contribution >= 0.6 is 0 Å². The van der Waals surface area contributed by atoms with Gasteiger partial charge >= 0.3 is 0 Å². The van der Waals surface area contributed by atoms with Gasteiger partial charge in [-0.05, 0) is 45.4 Å². The minimum absolute atomic E-state index is 0.120. The van der Waals surface area contributed by atoms with E-state index in [0.717, 1.165) is 11.3 Å².